The van der Waals surface area contributed by atoms with Crippen molar-refractivity contribution in [2.24, 2.45) is 0 Å². The number of carbonyl (C=O) groups excluding carboxylic acids is 2. The SMILES string of the molecule is CCCCOc1ccc(/C=C2/C(=O)N(CCc3ccc(OC)c(OC)c3)C(=O)C(C#N)=C2C)cc1OCC. The normalized spacial score (nSPS) is 14.5. The quantitative estimate of drug-likeness (QED) is 0.219. The van der Waals surface area contributed by atoms with Crippen LogP contribution >= 0.6 is 0 Å². The van der Waals surface area contributed by atoms with Crippen LogP contribution in [0.25, 0.3) is 6.08 Å². The highest BCUT2D eigenvalue weighted by Crippen LogP contribution is 2.33. The first-order chi connectivity index (χ1) is 18.4. The van der Waals surface area contributed by atoms with E-state index < -0.39 is 11.8 Å². The molecule has 0 saturated carbocycles. The standard InChI is InChI=1S/C30H34N2O6/c1-6-8-15-38-26-12-10-22(18-28(26)37-7-2)16-23-20(3)24(19-31)30(34)32(29(23)33)14-13-21-9-11-25(35-4)27(17-21)36-5/h9-12,16-18H,6-8,13-15H2,1-5H3/b23-16+. The molecule has 0 saturated heterocycles. The first-order valence-electron chi connectivity index (χ1n) is 12.7. The third-order valence-electron chi connectivity index (χ3n) is 6.23. The zero-order chi connectivity index (χ0) is 27.7. The molecule has 0 bridgehead atoms. The summed E-state index contributed by atoms with van der Waals surface area (Å²) in [7, 11) is 3.10. The summed E-state index contributed by atoms with van der Waals surface area (Å²) in [5, 5.41) is 9.72. The minimum atomic E-state index is -0.595. The van der Waals surface area contributed by atoms with Crippen LogP contribution < -0.4 is 18.9 Å². The maximum Gasteiger partial charge on any atom is 0.271 e. The molecule has 0 aliphatic carbocycles. The molecule has 2 aromatic rings. The summed E-state index contributed by atoms with van der Waals surface area (Å²) in [5.41, 5.74) is 2.15. The molecule has 0 unspecified atom stereocenters. The number of imide groups is 1. The summed E-state index contributed by atoms with van der Waals surface area (Å²) in [6, 6.07) is 12.9. The molecule has 8 heteroatoms. The highest BCUT2D eigenvalue weighted by molar-refractivity contribution is 6.19. The Morgan fingerprint density at radius 1 is 0.921 bits per heavy atom. The number of nitriles is 1. The van der Waals surface area contributed by atoms with Gasteiger partial charge in [-0.1, -0.05) is 25.5 Å². The third-order valence-corrected chi connectivity index (χ3v) is 6.23. The molecule has 2 amide bonds. The van der Waals surface area contributed by atoms with E-state index in [9.17, 15) is 14.9 Å². The Morgan fingerprint density at radius 3 is 2.32 bits per heavy atom. The monoisotopic (exact) mass is 518 g/mol. The van der Waals surface area contributed by atoms with Crippen LogP contribution in [-0.4, -0.2) is 50.7 Å². The van der Waals surface area contributed by atoms with Crippen molar-refractivity contribution in [2.45, 2.75) is 40.0 Å². The molecule has 0 radical (unpaired) electrons. The maximum absolute atomic E-state index is 13.5. The second kappa shape index (κ2) is 13.3. The Hall–Kier alpha value is -4.25. The highest BCUT2D eigenvalue weighted by atomic mass is 16.5. The lowest BCUT2D eigenvalue weighted by atomic mass is 9.93. The molecule has 1 aliphatic heterocycles. The van der Waals surface area contributed by atoms with Crippen molar-refractivity contribution in [3.8, 4) is 29.1 Å². The van der Waals surface area contributed by atoms with E-state index in [2.05, 4.69) is 6.92 Å². The average molecular weight is 519 g/mol. The fourth-order valence-electron chi connectivity index (χ4n) is 4.10. The molecule has 8 nitrogen and oxygen atoms in total. The Balaban J connectivity index is 1.91. The van der Waals surface area contributed by atoms with Crippen LogP contribution in [-0.2, 0) is 16.0 Å². The van der Waals surface area contributed by atoms with Crippen molar-refractivity contribution in [1.82, 2.24) is 4.90 Å². The number of carbonyl (C=O) groups is 2. The second-order valence-electron chi connectivity index (χ2n) is 8.71. The zero-order valence-electron chi connectivity index (χ0n) is 22.6. The van der Waals surface area contributed by atoms with E-state index in [4.69, 9.17) is 18.9 Å². The van der Waals surface area contributed by atoms with Gasteiger partial charge in [0.25, 0.3) is 11.8 Å². The van der Waals surface area contributed by atoms with Crippen molar-refractivity contribution in [2.75, 3.05) is 34.0 Å². The first-order valence-corrected chi connectivity index (χ1v) is 12.7. The number of nitrogens with zero attached hydrogens (tertiary/aromatic N) is 2. The van der Waals surface area contributed by atoms with Gasteiger partial charge in [0.05, 0.1) is 27.4 Å². The molecule has 0 spiro atoms. The lowest BCUT2D eigenvalue weighted by molar-refractivity contribution is -0.140. The summed E-state index contributed by atoms with van der Waals surface area (Å²) < 4.78 is 22.3. The Morgan fingerprint density at radius 2 is 1.66 bits per heavy atom. The second-order valence-corrected chi connectivity index (χ2v) is 8.71. The summed E-state index contributed by atoms with van der Waals surface area (Å²) >= 11 is 0. The van der Waals surface area contributed by atoms with E-state index in [1.807, 2.05) is 31.2 Å². The van der Waals surface area contributed by atoms with Gasteiger partial charge >= 0.3 is 0 Å². The number of benzene rings is 2. The zero-order valence-corrected chi connectivity index (χ0v) is 22.6. The number of amides is 2. The van der Waals surface area contributed by atoms with Crippen molar-refractivity contribution in [3.05, 3.63) is 64.2 Å². The summed E-state index contributed by atoms with van der Waals surface area (Å²) in [6.45, 7) is 6.75. The van der Waals surface area contributed by atoms with Gasteiger partial charge in [-0.05, 0) is 73.7 Å². The molecule has 0 N–H and O–H groups in total. The lowest BCUT2D eigenvalue weighted by Crippen LogP contribution is -2.43. The Labute approximate surface area is 224 Å². The van der Waals surface area contributed by atoms with E-state index >= 15 is 0 Å². The molecule has 200 valence electrons. The van der Waals surface area contributed by atoms with Crippen LogP contribution in [0.5, 0.6) is 23.0 Å². The molecule has 1 heterocycles. The van der Waals surface area contributed by atoms with Gasteiger partial charge in [0.15, 0.2) is 23.0 Å². The van der Waals surface area contributed by atoms with Gasteiger partial charge in [0.2, 0.25) is 0 Å². The fourth-order valence-corrected chi connectivity index (χ4v) is 4.10. The smallest absolute Gasteiger partial charge is 0.271 e. The van der Waals surface area contributed by atoms with Crippen LogP contribution in [0.3, 0.4) is 0 Å². The van der Waals surface area contributed by atoms with Gasteiger partial charge in [0.1, 0.15) is 11.6 Å². The molecule has 0 fully saturated rings. The van der Waals surface area contributed by atoms with Crippen molar-refractivity contribution >= 4 is 17.9 Å². The maximum atomic E-state index is 13.5. The van der Waals surface area contributed by atoms with Gasteiger partial charge in [-0.15, -0.1) is 0 Å². The summed E-state index contributed by atoms with van der Waals surface area (Å²) in [5.74, 6) is 1.31. The number of hydrogen-bond donors (Lipinski definition) is 0. The Kier molecular flexibility index (Phi) is 9.94. The lowest BCUT2D eigenvalue weighted by Gasteiger charge is -2.27. The number of unbranched alkanes of at least 4 members (excludes halogenated alkanes) is 1. The van der Waals surface area contributed by atoms with Gasteiger partial charge in [0, 0.05) is 12.1 Å². The molecular weight excluding hydrogens is 484 g/mol. The molecule has 0 atom stereocenters. The molecule has 3 rings (SSSR count). The third kappa shape index (κ3) is 6.35. The van der Waals surface area contributed by atoms with Crippen LogP contribution in [0.15, 0.2) is 53.1 Å². The number of rotatable bonds is 12. The predicted molar refractivity (Wildman–Crippen MR) is 144 cm³/mol. The number of ether oxygens (including phenoxy) is 4. The van der Waals surface area contributed by atoms with Crippen LogP contribution in [0.4, 0.5) is 0 Å². The minimum Gasteiger partial charge on any atom is -0.493 e. The Bertz CT molecular complexity index is 1290. The van der Waals surface area contributed by atoms with E-state index in [1.165, 1.54) is 0 Å². The molecule has 0 aromatic heterocycles. The van der Waals surface area contributed by atoms with E-state index in [0.717, 1.165) is 23.3 Å². The molecule has 2 aromatic carbocycles. The number of hydrogen-bond acceptors (Lipinski definition) is 7. The molecular formula is C30H34N2O6. The summed E-state index contributed by atoms with van der Waals surface area (Å²) in [4.78, 5) is 27.7. The van der Waals surface area contributed by atoms with Crippen LogP contribution in [0.2, 0.25) is 0 Å². The first kappa shape index (κ1) is 28.3. The molecule has 1 aliphatic rings. The van der Waals surface area contributed by atoms with Crippen LogP contribution in [0.1, 0.15) is 44.7 Å². The number of methoxy groups -OCH3 is 2. The minimum absolute atomic E-state index is 0.0484. The van der Waals surface area contributed by atoms with E-state index in [-0.39, 0.29) is 17.7 Å². The van der Waals surface area contributed by atoms with Gasteiger partial charge in [-0.2, -0.15) is 5.26 Å². The van der Waals surface area contributed by atoms with E-state index in [0.29, 0.717) is 53.8 Å². The van der Waals surface area contributed by atoms with Gasteiger partial charge in [-0.3, -0.25) is 14.5 Å². The highest BCUT2D eigenvalue weighted by Gasteiger charge is 2.35. The van der Waals surface area contributed by atoms with Gasteiger partial charge < -0.3 is 18.9 Å². The topological polar surface area (TPSA) is 98.1 Å². The molecule has 38 heavy (non-hydrogen) atoms. The van der Waals surface area contributed by atoms with Crippen LogP contribution in [0, 0.1) is 11.3 Å². The predicted octanol–water partition coefficient (Wildman–Crippen LogP) is 5.12. The summed E-state index contributed by atoms with van der Waals surface area (Å²) in [6.07, 6.45) is 4.02. The fraction of sp³-hybridized carbons (Fsp3) is 0.367. The van der Waals surface area contributed by atoms with Crippen molar-refractivity contribution in [3.63, 3.8) is 0 Å². The van der Waals surface area contributed by atoms with Crippen molar-refractivity contribution in [1.29, 1.82) is 5.26 Å². The van der Waals surface area contributed by atoms with Gasteiger partial charge in [-0.25, -0.2) is 0 Å². The average Bonchev–Trinajstić information content (AvgIpc) is 2.92. The van der Waals surface area contributed by atoms with Crippen molar-refractivity contribution < 1.29 is 28.5 Å². The van der Waals surface area contributed by atoms with E-state index in [1.54, 1.807) is 45.4 Å². The largest absolute Gasteiger partial charge is 0.493 e.